The Morgan fingerprint density at radius 1 is 1.21 bits per heavy atom. The van der Waals surface area contributed by atoms with Crippen LogP contribution in [0.1, 0.15) is 23.6 Å². The van der Waals surface area contributed by atoms with Crippen LogP contribution in [0.15, 0.2) is 41.0 Å². The second-order valence-corrected chi connectivity index (χ2v) is 6.46. The van der Waals surface area contributed by atoms with Crippen LogP contribution in [-0.4, -0.2) is 20.4 Å². The summed E-state index contributed by atoms with van der Waals surface area (Å²) in [4.78, 5) is 11.7. The number of carbonyl (C=O) groups excluding carboxylic acids is 1. The summed E-state index contributed by atoms with van der Waals surface area (Å²) in [6, 6.07) is 6.70. The first kappa shape index (κ1) is 20.8. The largest absolute Gasteiger partial charge is 0.488 e. The smallest absolute Gasteiger partial charge is 0.420 e. The van der Waals surface area contributed by atoms with Gasteiger partial charge in [0.2, 0.25) is 0 Å². The molecule has 3 rings (SSSR count). The van der Waals surface area contributed by atoms with Gasteiger partial charge < -0.3 is 13.9 Å². The van der Waals surface area contributed by atoms with E-state index in [0.29, 0.717) is 22.9 Å². The monoisotopic (exact) mass is 408 g/mol. The standard InChI is InChI=1S/C20H17BF4O4/c1-2-27-18(26)7-12-3-4-13(22)8-17(12)28-9-11-5-14-15(20(23,24)25)10-29-19(14)16(21)6-11/h3-6,8,10H,2,7,9,21H2,1H3. The van der Waals surface area contributed by atoms with Crippen LogP contribution >= 0.6 is 0 Å². The Labute approximate surface area is 164 Å². The van der Waals surface area contributed by atoms with E-state index in [4.69, 9.17) is 13.9 Å². The van der Waals surface area contributed by atoms with Crippen molar-refractivity contribution in [3.8, 4) is 5.75 Å². The second-order valence-electron chi connectivity index (χ2n) is 6.46. The van der Waals surface area contributed by atoms with Gasteiger partial charge in [0, 0.05) is 17.0 Å². The molecule has 0 bridgehead atoms. The lowest BCUT2D eigenvalue weighted by Crippen LogP contribution is -2.11. The van der Waals surface area contributed by atoms with Gasteiger partial charge in [-0.05, 0) is 30.1 Å². The van der Waals surface area contributed by atoms with Crippen molar-refractivity contribution >= 4 is 30.2 Å². The van der Waals surface area contributed by atoms with Gasteiger partial charge in [-0.1, -0.05) is 12.1 Å². The van der Waals surface area contributed by atoms with E-state index in [1.165, 1.54) is 18.2 Å². The first-order valence-corrected chi connectivity index (χ1v) is 8.83. The molecule has 0 saturated carbocycles. The van der Waals surface area contributed by atoms with Crippen molar-refractivity contribution in [3.63, 3.8) is 0 Å². The van der Waals surface area contributed by atoms with Crippen LogP contribution in [0.25, 0.3) is 11.0 Å². The Morgan fingerprint density at radius 3 is 2.66 bits per heavy atom. The van der Waals surface area contributed by atoms with E-state index < -0.39 is 23.5 Å². The first-order chi connectivity index (χ1) is 13.7. The van der Waals surface area contributed by atoms with Crippen LogP contribution in [0.3, 0.4) is 0 Å². The van der Waals surface area contributed by atoms with Gasteiger partial charge in [-0.25, -0.2) is 4.39 Å². The van der Waals surface area contributed by atoms with Crippen LogP contribution in [0.5, 0.6) is 5.75 Å². The molecule has 0 saturated heterocycles. The molecule has 0 aliphatic heterocycles. The molecule has 0 aliphatic carbocycles. The van der Waals surface area contributed by atoms with E-state index in [-0.39, 0.29) is 36.4 Å². The number of ether oxygens (including phenoxy) is 2. The summed E-state index contributed by atoms with van der Waals surface area (Å²) < 4.78 is 68.7. The van der Waals surface area contributed by atoms with Gasteiger partial charge in [0.15, 0.2) is 0 Å². The Hall–Kier alpha value is -2.97. The van der Waals surface area contributed by atoms with Crippen molar-refractivity contribution in [1.29, 1.82) is 0 Å². The fraction of sp³-hybridized carbons (Fsp3) is 0.250. The van der Waals surface area contributed by atoms with Gasteiger partial charge in [-0.3, -0.25) is 4.79 Å². The van der Waals surface area contributed by atoms with Crippen LogP contribution in [-0.2, 0) is 28.7 Å². The fourth-order valence-corrected chi connectivity index (χ4v) is 3.03. The Balaban J connectivity index is 1.87. The lowest BCUT2D eigenvalue weighted by atomic mass is 9.91. The maximum atomic E-state index is 13.6. The molecular weight excluding hydrogens is 391 g/mol. The molecule has 4 nitrogen and oxygen atoms in total. The molecule has 152 valence electrons. The van der Waals surface area contributed by atoms with E-state index >= 15 is 0 Å². The third-order valence-corrected chi connectivity index (χ3v) is 4.29. The summed E-state index contributed by atoms with van der Waals surface area (Å²) in [7, 11) is 1.63. The molecule has 0 atom stereocenters. The van der Waals surface area contributed by atoms with Crippen molar-refractivity contribution in [2.24, 2.45) is 0 Å². The second kappa shape index (κ2) is 8.18. The molecule has 29 heavy (non-hydrogen) atoms. The molecule has 0 aliphatic rings. The Morgan fingerprint density at radius 2 is 1.97 bits per heavy atom. The van der Waals surface area contributed by atoms with Gasteiger partial charge in [0.1, 0.15) is 43.4 Å². The van der Waals surface area contributed by atoms with E-state index in [2.05, 4.69) is 0 Å². The van der Waals surface area contributed by atoms with Crippen LogP contribution in [0.4, 0.5) is 17.6 Å². The Bertz CT molecular complexity index is 1040. The molecule has 0 fully saturated rings. The minimum absolute atomic E-state index is 0.0675. The van der Waals surface area contributed by atoms with Gasteiger partial charge in [0.25, 0.3) is 0 Å². The number of hydrogen-bond acceptors (Lipinski definition) is 4. The van der Waals surface area contributed by atoms with E-state index in [0.717, 1.165) is 6.07 Å². The number of benzene rings is 2. The minimum Gasteiger partial charge on any atom is -0.488 e. The predicted octanol–water partition coefficient (Wildman–Crippen LogP) is 3.53. The zero-order valence-electron chi connectivity index (χ0n) is 15.7. The van der Waals surface area contributed by atoms with Crippen LogP contribution in [0, 0.1) is 5.82 Å². The number of carbonyl (C=O) groups is 1. The predicted molar refractivity (Wildman–Crippen MR) is 100 cm³/mol. The maximum Gasteiger partial charge on any atom is 0.420 e. The average molecular weight is 408 g/mol. The van der Waals surface area contributed by atoms with Gasteiger partial charge in [-0.2, -0.15) is 13.2 Å². The number of rotatable bonds is 6. The number of hydrogen-bond donors (Lipinski definition) is 0. The van der Waals surface area contributed by atoms with Crippen LogP contribution in [0.2, 0.25) is 0 Å². The summed E-state index contributed by atoms with van der Waals surface area (Å²) in [6.45, 7) is 1.77. The maximum absolute atomic E-state index is 13.6. The third kappa shape index (κ3) is 4.72. The SMILES string of the molecule is Bc1cc(COc2cc(F)ccc2CC(=O)OCC)cc2c(C(F)(F)F)coc12. The summed E-state index contributed by atoms with van der Waals surface area (Å²) in [5.74, 6) is -0.929. The summed E-state index contributed by atoms with van der Waals surface area (Å²) in [6.07, 6.45) is -3.97. The highest BCUT2D eigenvalue weighted by Crippen LogP contribution is 2.36. The lowest BCUT2D eigenvalue weighted by Gasteiger charge is -2.12. The molecule has 1 heterocycles. The average Bonchev–Trinajstić information content (AvgIpc) is 3.07. The molecule has 9 heteroatoms. The lowest BCUT2D eigenvalue weighted by molar-refractivity contribution is -0.142. The van der Waals surface area contributed by atoms with Crippen molar-refractivity contribution in [2.75, 3.05) is 6.61 Å². The molecule has 0 radical (unpaired) electrons. The highest BCUT2D eigenvalue weighted by atomic mass is 19.4. The van der Waals surface area contributed by atoms with Gasteiger partial charge >= 0.3 is 12.1 Å². The number of alkyl halides is 3. The molecule has 0 N–H and O–H groups in total. The van der Waals surface area contributed by atoms with E-state index in [1.54, 1.807) is 20.8 Å². The summed E-state index contributed by atoms with van der Waals surface area (Å²) >= 11 is 0. The third-order valence-electron chi connectivity index (χ3n) is 4.29. The number of halogens is 4. The van der Waals surface area contributed by atoms with Crippen molar-refractivity contribution in [1.82, 2.24) is 0 Å². The Kier molecular flexibility index (Phi) is 5.86. The number of furan rings is 1. The van der Waals surface area contributed by atoms with Crippen molar-refractivity contribution < 1.29 is 36.2 Å². The van der Waals surface area contributed by atoms with Crippen molar-refractivity contribution in [2.45, 2.75) is 26.1 Å². The highest BCUT2D eigenvalue weighted by molar-refractivity contribution is 6.38. The summed E-state index contributed by atoms with van der Waals surface area (Å²) in [5.41, 5.74) is 0.666. The normalized spacial score (nSPS) is 11.6. The van der Waals surface area contributed by atoms with Crippen molar-refractivity contribution in [3.05, 3.63) is 59.1 Å². The van der Waals surface area contributed by atoms with Gasteiger partial charge in [-0.15, -0.1) is 0 Å². The molecule has 0 spiro atoms. The van der Waals surface area contributed by atoms with Gasteiger partial charge in [0.05, 0.1) is 13.0 Å². The minimum atomic E-state index is -4.55. The zero-order chi connectivity index (χ0) is 21.2. The zero-order valence-corrected chi connectivity index (χ0v) is 15.7. The first-order valence-electron chi connectivity index (χ1n) is 8.83. The quantitative estimate of drug-likeness (QED) is 0.356. The number of esters is 1. The fourth-order valence-electron chi connectivity index (χ4n) is 3.03. The molecule has 1 aromatic heterocycles. The topological polar surface area (TPSA) is 48.7 Å². The van der Waals surface area contributed by atoms with E-state index in [9.17, 15) is 22.4 Å². The summed E-state index contributed by atoms with van der Waals surface area (Å²) in [5, 5.41) is -0.0675. The molecule has 2 aromatic carbocycles. The van der Waals surface area contributed by atoms with Crippen LogP contribution < -0.4 is 10.2 Å². The molecular formula is C20H17BF4O4. The molecule has 3 aromatic rings. The van der Waals surface area contributed by atoms with E-state index in [1.807, 2.05) is 0 Å². The molecule has 0 unspecified atom stereocenters. The highest BCUT2D eigenvalue weighted by Gasteiger charge is 2.35. The number of fused-ring (bicyclic) bond motifs is 1. The molecule has 0 amide bonds.